The first kappa shape index (κ1) is 36.2. The molecule has 266 valence electrons. The average Bonchev–Trinajstić information content (AvgIpc) is 3.94. The molecule has 2 unspecified atom stereocenters. The Bertz CT molecular complexity index is 1890. The van der Waals surface area contributed by atoms with Crippen LogP contribution in [0.2, 0.25) is 0 Å². The molecule has 2 aromatic carbocycles. The number of sulfonamides is 2. The first-order chi connectivity index (χ1) is 23.9. The summed E-state index contributed by atoms with van der Waals surface area (Å²) in [5.41, 5.74) is 1.49. The number of hydrogen-bond acceptors (Lipinski definition) is 12. The quantitative estimate of drug-likeness (QED) is 0.199. The van der Waals surface area contributed by atoms with Gasteiger partial charge in [-0.05, 0) is 74.2 Å². The SMILES string of the molecule is CN(CC1CCCO1)S(=O)(=O)c1ccc(C(=O)Nc2nc(-c3csc(NC(=O)c4ccc(S(=O)(=O)N(C)CC5CCCO5)cc4)n3)cs2)cc1. The minimum atomic E-state index is -3.74. The molecule has 2 fully saturated rings. The molecule has 0 saturated carbocycles. The summed E-state index contributed by atoms with van der Waals surface area (Å²) in [7, 11) is -4.45. The third-order valence-corrected chi connectivity index (χ3v) is 13.5. The molecular formula is C32H36N6O8S4. The van der Waals surface area contributed by atoms with E-state index < -0.39 is 31.9 Å². The summed E-state index contributed by atoms with van der Waals surface area (Å²) in [6.45, 7) is 1.80. The minimum absolute atomic E-state index is 0.0796. The fourth-order valence-electron chi connectivity index (χ4n) is 5.50. The van der Waals surface area contributed by atoms with Gasteiger partial charge in [-0.15, -0.1) is 22.7 Å². The molecule has 14 nitrogen and oxygen atoms in total. The lowest BCUT2D eigenvalue weighted by molar-refractivity contribution is 0.0978. The van der Waals surface area contributed by atoms with E-state index in [9.17, 15) is 26.4 Å². The highest BCUT2D eigenvalue weighted by atomic mass is 32.2. The summed E-state index contributed by atoms with van der Waals surface area (Å²) in [5, 5.41) is 9.50. The molecule has 2 aliphatic rings. The van der Waals surface area contributed by atoms with E-state index in [-0.39, 0.29) is 46.2 Å². The Kier molecular flexibility index (Phi) is 11.1. The number of nitrogens with one attached hydrogen (secondary N) is 2. The average molecular weight is 761 g/mol. The third-order valence-electron chi connectivity index (χ3n) is 8.33. The van der Waals surface area contributed by atoms with Crippen LogP contribution < -0.4 is 10.6 Å². The fraction of sp³-hybridized carbons (Fsp3) is 0.375. The predicted octanol–water partition coefficient (Wildman–Crippen LogP) is 4.37. The largest absolute Gasteiger partial charge is 0.377 e. The second-order valence-corrected chi connectivity index (χ2v) is 17.7. The Labute approximate surface area is 298 Å². The van der Waals surface area contributed by atoms with Crippen molar-refractivity contribution in [2.75, 3.05) is 51.0 Å². The molecule has 2 amide bonds. The zero-order chi connectivity index (χ0) is 35.5. The number of amides is 2. The van der Waals surface area contributed by atoms with E-state index in [0.29, 0.717) is 34.9 Å². The first-order valence-electron chi connectivity index (χ1n) is 15.8. The number of hydrogen-bond donors (Lipinski definition) is 2. The summed E-state index contributed by atoms with van der Waals surface area (Å²) in [6.07, 6.45) is 3.23. The van der Waals surface area contributed by atoms with Crippen molar-refractivity contribution in [3.8, 4) is 11.4 Å². The number of nitrogens with zero attached hydrogens (tertiary/aromatic N) is 4. The van der Waals surface area contributed by atoms with Gasteiger partial charge in [0.1, 0.15) is 11.4 Å². The van der Waals surface area contributed by atoms with Crippen LogP contribution in [0.5, 0.6) is 0 Å². The van der Waals surface area contributed by atoms with E-state index in [1.54, 1.807) is 10.8 Å². The monoisotopic (exact) mass is 760 g/mol. The molecule has 2 atom stereocenters. The van der Waals surface area contributed by atoms with Crippen molar-refractivity contribution in [1.82, 2.24) is 18.6 Å². The van der Waals surface area contributed by atoms with Crippen LogP contribution in [0, 0.1) is 0 Å². The van der Waals surface area contributed by atoms with E-state index in [1.807, 2.05) is 0 Å². The third kappa shape index (κ3) is 8.29. The molecule has 2 aliphatic heterocycles. The molecule has 4 heterocycles. The molecule has 0 aliphatic carbocycles. The van der Waals surface area contributed by atoms with Gasteiger partial charge in [-0.25, -0.2) is 26.8 Å². The summed E-state index contributed by atoms with van der Waals surface area (Å²) >= 11 is 2.38. The van der Waals surface area contributed by atoms with Gasteiger partial charge in [0.25, 0.3) is 11.8 Å². The molecule has 2 N–H and O–H groups in total. The Balaban J connectivity index is 1.03. The van der Waals surface area contributed by atoms with Gasteiger partial charge in [-0.3, -0.25) is 20.2 Å². The standard InChI is InChI=1S/C32H36N6O8S4/c1-37(17-23-5-3-15-45-23)49(41,42)25-11-7-21(8-12-25)29(39)35-31-33-27(19-47-31)28-20-48-32(34-28)36-30(40)22-9-13-26(14-10-22)50(43,44)38(2)18-24-6-4-16-46-24/h7-14,19-20,23-24H,3-6,15-18H2,1-2H3,(H,33,35,39)(H,34,36,40). The van der Waals surface area contributed by atoms with Gasteiger partial charge < -0.3 is 9.47 Å². The predicted molar refractivity (Wildman–Crippen MR) is 190 cm³/mol. The number of ether oxygens (including phenoxy) is 2. The minimum Gasteiger partial charge on any atom is -0.377 e. The molecule has 18 heteroatoms. The summed E-state index contributed by atoms with van der Waals surface area (Å²) in [6, 6.07) is 11.4. The number of anilines is 2. The topological polar surface area (TPSA) is 177 Å². The Morgan fingerprint density at radius 3 is 1.42 bits per heavy atom. The lowest BCUT2D eigenvalue weighted by Gasteiger charge is -2.20. The maximum atomic E-state index is 13.0. The van der Waals surface area contributed by atoms with Crippen molar-refractivity contribution in [3.05, 3.63) is 70.4 Å². The van der Waals surface area contributed by atoms with Crippen LogP contribution in [0.15, 0.2) is 69.1 Å². The van der Waals surface area contributed by atoms with Crippen LogP contribution in [0.3, 0.4) is 0 Å². The van der Waals surface area contributed by atoms with Gasteiger partial charge in [0.2, 0.25) is 20.0 Å². The zero-order valence-electron chi connectivity index (χ0n) is 27.3. The van der Waals surface area contributed by atoms with Gasteiger partial charge in [0.05, 0.1) is 22.0 Å². The van der Waals surface area contributed by atoms with Crippen LogP contribution in [0.1, 0.15) is 46.4 Å². The van der Waals surface area contributed by atoms with E-state index >= 15 is 0 Å². The molecule has 0 bridgehead atoms. The van der Waals surface area contributed by atoms with Crippen molar-refractivity contribution in [1.29, 1.82) is 0 Å². The van der Waals surface area contributed by atoms with Crippen LogP contribution in [0.25, 0.3) is 11.4 Å². The number of carbonyl (C=O) groups is 2. The van der Waals surface area contributed by atoms with E-state index in [0.717, 1.165) is 25.7 Å². The molecule has 50 heavy (non-hydrogen) atoms. The lowest BCUT2D eigenvalue weighted by atomic mass is 10.2. The summed E-state index contributed by atoms with van der Waals surface area (Å²) in [4.78, 5) is 34.8. The molecule has 2 aromatic heterocycles. The number of carbonyl (C=O) groups excluding carboxylic acids is 2. The van der Waals surface area contributed by atoms with Gasteiger partial charge in [-0.2, -0.15) is 8.61 Å². The van der Waals surface area contributed by atoms with Gasteiger partial charge in [-0.1, -0.05) is 0 Å². The molecule has 0 spiro atoms. The van der Waals surface area contributed by atoms with Crippen molar-refractivity contribution >= 4 is 64.8 Å². The summed E-state index contributed by atoms with van der Waals surface area (Å²) in [5.74, 6) is -0.913. The Morgan fingerprint density at radius 1 is 0.700 bits per heavy atom. The second-order valence-electron chi connectivity index (χ2n) is 11.9. The lowest BCUT2D eigenvalue weighted by Crippen LogP contribution is -2.34. The van der Waals surface area contributed by atoms with Crippen LogP contribution in [-0.4, -0.2) is 99.8 Å². The second kappa shape index (κ2) is 15.3. The molecule has 0 radical (unpaired) electrons. The van der Waals surface area contributed by atoms with E-state index in [4.69, 9.17) is 9.47 Å². The van der Waals surface area contributed by atoms with Crippen molar-refractivity contribution < 1.29 is 35.9 Å². The van der Waals surface area contributed by atoms with Crippen LogP contribution in [0.4, 0.5) is 10.3 Å². The normalized spacial score (nSPS) is 18.2. The van der Waals surface area contributed by atoms with Crippen molar-refractivity contribution in [2.24, 2.45) is 0 Å². The molecule has 6 rings (SSSR count). The van der Waals surface area contributed by atoms with Gasteiger partial charge >= 0.3 is 0 Å². The zero-order valence-corrected chi connectivity index (χ0v) is 30.5. The maximum Gasteiger partial charge on any atom is 0.257 e. The van der Waals surface area contributed by atoms with Gasteiger partial charge in [0.15, 0.2) is 10.3 Å². The number of likely N-dealkylation sites (N-methyl/N-ethyl adjacent to an activating group) is 2. The number of rotatable bonds is 13. The summed E-state index contributed by atoms with van der Waals surface area (Å²) < 4.78 is 65.6. The number of thiazole rings is 2. The van der Waals surface area contributed by atoms with Gasteiger partial charge in [0, 0.05) is 62.3 Å². The number of benzene rings is 2. The van der Waals surface area contributed by atoms with Crippen molar-refractivity contribution in [2.45, 2.75) is 47.7 Å². The van der Waals surface area contributed by atoms with E-state index in [2.05, 4.69) is 20.6 Å². The highest BCUT2D eigenvalue weighted by Gasteiger charge is 2.28. The molecule has 4 aromatic rings. The molecular weight excluding hydrogens is 725 g/mol. The first-order valence-corrected chi connectivity index (χ1v) is 20.4. The smallest absolute Gasteiger partial charge is 0.257 e. The highest BCUT2D eigenvalue weighted by molar-refractivity contribution is 7.89. The Hall–Kier alpha value is -3.62. The van der Waals surface area contributed by atoms with E-state index in [1.165, 1.54) is 93.9 Å². The highest BCUT2D eigenvalue weighted by Crippen LogP contribution is 2.29. The maximum absolute atomic E-state index is 13.0. The fourth-order valence-corrected chi connectivity index (χ4v) is 9.30. The van der Waals surface area contributed by atoms with Crippen LogP contribution in [-0.2, 0) is 29.5 Å². The molecule has 2 saturated heterocycles. The van der Waals surface area contributed by atoms with Crippen LogP contribution >= 0.6 is 22.7 Å². The Morgan fingerprint density at radius 2 is 1.08 bits per heavy atom. The number of aromatic nitrogens is 2. The van der Waals surface area contributed by atoms with Crippen molar-refractivity contribution in [3.63, 3.8) is 0 Å².